The van der Waals surface area contributed by atoms with Gasteiger partial charge in [-0.05, 0) is 40.0 Å². The van der Waals surface area contributed by atoms with Gasteiger partial charge in [-0.1, -0.05) is 31.5 Å². The van der Waals surface area contributed by atoms with Gasteiger partial charge in [-0.2, -0.15) is 0 Å². The van der Waals surface area contributed by atoms with Crippen LogP contribution >= 0.6 is 45.5 Å². The Hall–Kier alpha value is -0.200. The minimum absolute atomic E-state index is 0.353. The van der Waals surface area contributed by atoms with E-state index in [1.807, 2.05) is 17.5 Å². The third kappa shape index (κ3) is 2.38. The van der Waals surface area contributed by atoms with Crippen LogP contribution in [0.25, 0.3) is 10.7 Å². The molecule has 0 N–H and O–H groups in total. The molecule has 0 radical (unpaired) electrons. The zero-order valence-electron chi connectivity index (χ0n) is 8.87. The maximum Gasteiger partial charge on any atom is 0.171 e. The van der Waals surface area contributed by atoms with Gasteiger partial charge in [-0.15, -0.1) is 11.3 Å². The molecular formula is C11H10ClIN2S. The Morgan fingerprint density at radius 2 is 2.12 bits per heavy atom. The molecule has 5 heteroatoms. The second-order valence-electron chi connectivity index (χ2n) is 3.67. The van der Waals surface area contributed by atoms with Crippen molar-refractivity contribution in [3.05, 3.63) is 31.9 Å². The monoisotopic (exact) mass is 364 g/mol. The zero-order valence-corrected chi connectivity index (χ0v) is 12.6. The van der Waals surface area contributed by atoms with Gasteiger partial charge in [0.1, 0.15) is 5.15 Å². The molecule has 84 valence electrons. The van der Waals surface area contributed by atoms with Crippen LogP contribution in [0.4, 0.5) is 0 Å². The molecule has 0 aliphatic heterocycles. The lowest BCUT2D eigenvalue weighted by atomic mass is 10.1. The molecule has 0 bridgehead atoms. The molecule has 2 aromatic heterocycles. The van der Waals surface area contributed by atoms with E-state index in [0.717, 1.165) is 20.0 Å². The van der Waals surface area contributed by atoms with E-state index in [1.54, 1.807) is 11.3 Å². The van der Waals surface area contributed by atoms with Crippen molar-refractivity contribution in [2.45, 2.75) is 19.8 Å². The smallest absolute Gasteiger partial charge is 0.171 e. The van der Waals surface area contributed by atoms with E-state index in [4.69, 9.17) is 11.6 Å². The third-order valence-corrected chi connectivity index (χ3v) is 4.65. The molecule has 2 aromatic rings. The molecule has 0 aliphatic rings. The van der Waals surface area contributed by atoms with Gasteiger partial charge in [-0.25, -0.2) is 9.97 Å². The summed E-state index contributed by atoms with van der Waals surface area (Å²) in [4.78, 5) is 9.95. The van der Waals surface area contributed by atoms with Gasteiger partial charge >= 0.3 is 0 Å². The molecule has 0 spiro atoms. The number of halogens is 2. The minimum Gasteiger partial charge on any atom is -0.231 e. The van der Waals surface area contributed by atoms with Crippen LogP contribution in [0.5, 0.6) is 0 Å². The molecule has 2 rings (SSSR count). The first kappa shape index (κ1) is 12.3. The normalized spacial score (nSPS) is 11.1. The third-order valence-electron chi connectivity index (χ3n) is 2.12. The Labute approximate surface area is 117 Å². The topological polar surface area (TPSA) is 25.8 Å². The molecule has 2 heterocycles. The fourth-order valence-corrected chi connectivity index (χ4v) is 3.03. The predicted octanol–water partition coefficient (Wildman–Crippen LogP) is 4.59. The molecular weight excluding hydrogens is 355 g/mol. The lowest BCUT2D eigenvalue weighted by molar-refractivity contribution is 0.809. The molecule has 0 aromatic carbocycles. The molecule has 0 fully saturated rings. The second-order valence-corrected chi connectivity index (χ2v) is 6.05. The van der Waals surface area contributed by atoms with Crippen molar-refractivity contribution in [1.82, 2.24) is 9.97 Å². The molecule has 2 nitrogen and oxygen atoms in total. The van der Waals surface area contributed by atoms with Crippen LogP contribution in [0.2, 0.25) is 5.15 Å². The summed E-state index contributed by atoms with van der Waals surface area (Å²) in [6, 6.07) is 4.00. The summed E-state index contributed by atoms with van der Waals surface area (Å²) < 4.78 is 0.953. The summed E-state index contributed by atoms with van der Waals surface area (Å²) in [5.74, 6) is 1.08. The van der Waals surface area contributed by atoms with Crippen LogP contribution in [0, 0.1) is 3.57 Å². The summed E-state index contributed by atoms with van der Waals surface area (Å²) >= 11 is 9.95. The van der Waals surface area contributed by atoms with E-state index in [0.29, 0.717) is 11.1 Å². The maximum atomic E-state index is 6.13. The van der Waals surface area contributed by atoms with Gasteiger partial charge in [-0.3, -0.25) is 0 Å². The van der Waals surface area contributed by atoms with E-state index in [2.05, 4.69) is 46.4 Å². The number of rotatable bonds is 2. The average Bonchev–Trinajstić information content (AvgIpc) is 2.74. The molecule has 0 aliphatic carbocycles. The standard InChI is InChI=1S/C11H10ClIN2S/c1-6(2)9-8(13)10(12)15-11(14-9)7-4-3-5-16-7/h3-6H,1-2H3. The Balaban J connectivity index is 2.57. The predicted molar refractivity (Wildman–Crippen MR) is 77.2 cm³/mol. The quantitative estimate of drug-likeness (QED) is 0.575. The van der Waals surface area contributed by atoms with Crippen molar-refractivity contribution in [2.24, 2.45) is 0 Å². The van der Waals surface area contributed by atoms with Crippen molar-refractivity contribution in [3.8, 4) is 10.7 Å². The first-order chi connectivity index (χ1) is 7.59. The number of thiophene rings is 1. The van der Waals surface area contributed by atoms with Gasteiger partial charge in [0.2, 0.25) is 0 Å². The summed E-state index contributed by atoms with van der Waals surface area (Å²) in [5.41, 5.74) is 1.02. The Morgan fingerprint density at radius 1 is 1.38 bits per heavy atom. The Morgan fingerprint density at radius 3 is 2.69 bits per heavy atom. The van der Waals surface area contributed by atoms with Gasteiger partial charge in [0.05, 0.1) is 14.1 Å². The average molecular weight is 365 g/mol. The molecule has 0 unspecified atom stereocenters. The highest BCUT2D eigenvalue weighted by Crippen LogP contribution is 2.29. The summed E-state index contributed by atoms with van der Waals surface area (Å²) in [5, 5.41) is 2.56. The minimum atomic E-state index is 0.353. The second kappa shape index (κ2) is 4.98. The number of aromatic nitrogens is 2. The van der Waals surface area contributed by atoms with Crippen LogP contribution in [0.15, 0.2) is 17.5 Å². The molecule has 16 heavy (non-hydrogen) atoms. The van der Waals surface area contributed by atoms with Crippen LogP contribution in [0.1, 0.15) is 25.5 Å². The Bertz CT molecular complexity index is 497. The largest absolute Gasteiger partial charge is 0.231 e. The van der Waals surface area contributed by atoms with Crippen LogP contribution in [-0.2, 0) is 0 Å². The highest BCUT2D eigenvalue weighted by Gasteiger charge is 2.14. The van der Waals surface area contributed by atoms with Crippen molar-refractivity contribution < 1.29 is 0 Å². The lowest BCUT2D eigenvalue weighted by Crippen LogP contribution is -2.01. The number of nitrogens with zero attached hydrogens (tertiary/aromatic N) is 2. The molecule has 0 atom stereocenters. The lowest BCUT2D eigenvalue weighted by Gasteiger charge is -2.09. The van der Waals surface area contributed by atoms with Gasteiger partial charge < -0.3 is 0 Å². The highest BCUT2D eigenvalue weighted by atomic mass is 127. The zero-order chi connectivity index (χ0) is 11.7. The fourth-order valence-electron chi connectivity index (χ4n) is 1.33. The van der Waals surface area contributed by atoms with Crippen LogP contribution < -0.4 is 0 Å². The van der Waals surface area contributed by atoms with E-state index in [-0.39, 0.29) is 0 Å². The van der Waals surface area contributed by atoms with E-state index >= 15 is 0 Å². The summed E-state index contributed by atoms with van der Waals surface area (Å²) in [7, 11) is 0. The van der Waals surface area contributed by atoms with E-state index < -0.39 is 0 Å². The summed E-state index contributed by atoms with van der Waals surface area (Å²) in [6.45, 7) is 4.22. The Kier molecular flexibility index (Phi) is 3.81. The van der Waals surface area contributed by atoms with Gasteiger partial charge in [0.15, 0.2) is 5.82 Å². The van der Waals surface area contributed by atoms with Crippen molar-refractivity contribution in [2.75, 3.05) is 0 Å². The maximum absolute atomic E-state index is 6.13. The fraction of sp³-hybridized carbons (Fsp3) is 0.273. The van der Waals surface area contributed by atoms with E-state index in [9.17, 15) is 0 Å². The van der Waals surface area contributed by atoms with Crippen molar-refractivity contribution in [1.29, 1.82) is 0 Å². The summed E-state index contributed by atoms with van der Waals surface area (Å²) in [6.07, 6.45) is 0. The molecule has 0 amide bonds. The van der Waals surface area contributed by atoms with Crippen molar-refractivity contribution >= 4 is 45.5 Å². The van der Waals surface area contributed by atoms with Gasteiger partial charge in [0, 0.05) is 0 Å². The SMILES string of the molecule is CC(C)c1nc(-c2cccs2)nc(Cl)c1I. The first-order valence-corrected chi connectivity index (χ1v) is 7.20. The van der Waals surface area contributed by atoms with E-state index in [1.165, 1.54) is 0 Å². The van der Waals surface area contributed by atoms with Crippen LogP contribution in [-0.4, -0.2) is 9.97 Å². The number of hydrogen-bond acceptors (Lipinski definition) is 3. The molecule has 0 saturated heterocycles. The number of hydrogen-bond donors (Lipinski definition) is 0. The van der Waals surface area contributed by atoms with Crippen LogP contribution in [0.3, 0.4) is 0 Å². The molecule has 0 saturated carbocycles. The van der Waals surface area contributed by atoms with Crippen molar-refractivity contribution in [3.63, 3.8) is 0 Å². The van der Waals surface area contributed by atoms with Gasteiger partial charge in [0.25, 0.3) is 0 Å². The highest BCUT2D eigenvalue weighted by molar-refractivity contribution is 14.1. The first-order valence-electron chi connectivity index (χ1n) is 4.86.